The van der Waals surface area contributed by atoms with Gasteiger partial charge in [0.25, 0.3) is 11.4 Å². The molecule has 2 heterocycles. The molecule has 0 aliphatic carbocycles. The van der Waals surface area contributed by atoms with Gasteiger partial charge in [0.2, 0.25) is 11.7 Å². The van der Waals surface area contributed by atoms with Crippen molar-refractivity contribution in [2.24, 2.45) is 0 Å². The van der Waals surface area contributed by atoms with Crippen LogP contribution in [0.25, 0.3) is 23.0 Å². The van der Waals surface area contributed by atoms with Crippen LogP contribution in [0, 0.1) is 6.92 Å². The van der Waals surface area contributed by atoms with Crippen LogP contribution >= 0.6 is 0 Å². The molecule has 0 bridgehead atoms. The minimum absolute atomic E-state index is 0.171. The predicted molar refractivity (Wildman–Crippen MR) is 109 cm³/mol. The van der Waals surface area contributed by atoms with Gasteiger partial charge >= 0.3 is 0 Å². The van der Waals surface area contributed by atoms with Crippen LogP contribution < -0.4 is 10.9 Å². The first-order valence-electron chi connectivity index (χ1n) is 9.06. The second-order valence-corrected chi connectivity index (χ2v) is 6.54. The predicted octanol–water partition coefficient (Wildman–Crippen LogP) is 3.51. The van der Waals surface area contributed by atoms with E-state index in [2.05, 4.69) is 15.5 Å². The number of aromatic nitrogens is 3. The van der Waals surface area contributed by atoms with Gasteiger partial charge < -0.3 is 9.84 Å². The Kier molecular flexibility index (Phi) is 5.03. The maximum absolute atomic E-state index is 12.5. The topological polar surface area (TPSA) is 90.0 Å². The lowest BCUT2D eigenvalue weighted by atomic mass is 10.2. The van der Waals surface area contributed by atoms with Gasteiger partial charge in [-0.25, -0.2) is 0 Å². The molecule has 0 saturated carbocycles. The summed E-state index contributed by atoms with van der Waals surface area (Å²) in [5.74, 6) is 0.255. The second-order valence-electron chi connectivity index (χ2n) is 6.54. The molecule has 0 aliphatic heterocycles. The molecular weight excluding hydrogens is 368 g/mol. The highest BCUT2D eigenvalue weighted by atomic mass is 16.5. The number of hydrogen-bond acceptors (Lipinski definition) is 5. The zero-order chi connectivity index (χ0) is 20.2. The molecule has 4 rings (SSSR count). The molecule has 2 aromatic carbocycles. The summed E-state index contributed by atoms with van der Waals surface area (Å²) in [7, 11) is 0. The van der Waals surface area contributed by atoms with Crippen molar-refractivity contribution in [1.29, 1.82) is 0 Å². The number of nitrogens with one attached hydrogen (secondary N) is 1. The third-order valence-corrected chi connectivity index (χ3v) is 4.33. The average Bonchev–Trinajstić information content (AvgIpc) is 3.20. The molecule has 29 heavy (non-hydrogen) atoms. The van der Waals surface area contributed by atoms with E-state index in [9.17, 15) is 9.59 Å². The summed E-state index contributed by atoms with van der Waals surface area (Å²) in [5, 5.41) is 6.79. The van der Waals surface area contributed by atoms with Crippen molar-refractivity contribution in [3.63, 3.8) is 0 Å². The van der Waals surface area contributed by atoms with Crippen molar-refractivity contribution in [3.05, 3.63) is 88.7 Å². The smallest absolute Gasteiger partial charge is 0.274 e. The van der Waals surface area contributed by atoms with Crippen LogP contribution in [0.4, 0.5) is 5.69 Å². The first-order chi connectivity index (χ1) is 14.1. The first-order valence-corrected chi connectivity index (χ1v) is 9.06. The SMILES string of the molecule is Cc1cccc(NC(=O)Cn2c(-c3nc(-c4ccccc4)no3)cccc2=O)c1. The summed E-state index contributed by atoms with van der Waals surface area (Å²) in [6, 6.07) is 21.5. The maximum Gasteiger partial charge on any atom is 0.274 e. The van der Waals surface area contributed by atoms with Crippen LogP contribution in [-0.4, -0.2) is 20.6 Å². The van der Waals surface area contributed by atoms with Crippen LogP contribution in [-0.2, 0) is 11.3 Å². The molecule has 1 amide bonds. The fourth-order valence-corrected chi connectivity index (χ4v) is 2.97. The fraction of sp³-hybridized carbons (Fsp3) is 0.0909. The summed E-state index contributed by atoms with van der Waals surface area (Å²) in [4.78, 5) is 29.3. The summed E-state index contributed by atoms with van der Waals surface area (Å²) >= 11 is 0. The summed E-state index contributed by atoms with van der Waals surface area (Å²) in [6.45, 7) is 1.77. The number of carbonyl (C=O) groups excluding carboxylic acids is 1. The third kappa shape index (κ3) is 4.14. The number of benzene rings is 2. The van der Waals surface area contributed by atoms with E-state index in [1.165, 1.54) is 10.6 Å². The number of nitrogens with zero attached hydrogens (tertiary/aromatic N) is 3. The molecule has 0 fully saturated rings. The summed E-state index contributed by atoms with van der Waals surface area (Å²) in [5.41, 5.74) is 2.54. The van der Waals surface area contributed by atoms with E-state index in [0.29, 0.717) is 17.2 Å². The molecule has 7 heteroatoms. The lowest BCUT2D eigenvalue weighted by Crippen LogP contribution is -2.28. The van der Waals surface area contributed by atoms with Gasteiger partial charge in [0.05, 0.1) is 0 Å². The number of aryl methyl sites for hydroxylation is 1. The molecule has 4 aromatic rings. The maximum atomic E-state index is 12.5. The minimum Gasteiger partial charge on any atom is -0.332 e. The van der Waals surface area contributed by atoms with E-state index in [0.717, 1.165) is 11.1 Å². The number of anilines is 1. The Balaban J connectivity index is 1.62. The van der Waals surface area contributed by atoms with Gasteiger partial charge in [0, 0.05) is 17.3 Å². The second kappa shape index (κ2) is 7.93. The Hall–Kier alpha value is -4.00. The van der Waals surface area contributed by atoms with E-state index in [-0.39, 0.29) is 23.9 Å². The standard InChI is InChI=1S/C22H18N4O3/c1-15-7-5-10-17(13-15)23-19(27)14-26-18(11-6-12-20(26)28)22-24-21(25-29-22)16-8-3-2-4-9-16/h2-13H,14H2,1H3,(H,23,27). The molecule has 0 atom stereocenters. The highest BCUT2D eigenvalue weighted by molar-refractivity contribution is 5.90. The van der Waals surface area contributed by atoms with E-state index in [4.69, 9.17) is 4.52 Å². The van der Waals surface area contributed by atoms with Crippen LogP contribution in [0.2, 0.25) is 0 Å². The number of rotatable bonds is 5. The zero-order valence-electron chi connectivity index (χ0n) is 15.7. The first kappa shape index (κ1) is 18.4. The highest BCUT2D eigenvalue weighted by Crippen LogP contribution is 2.21. The lowest BCUT2D eigenvalue weighted by molar-refractivity contribution is -0.116. The van der Waals surface area contributed by atoms with Gasteiger partial charge in [-0.05, 0) is 30.7 Å². The minimum atomic E-state index is -0.332. The van der Waals surface area contributed by atoms with Crippen molar-refractivity contribution in [2.45, 2.75) is 13.5 Å². The van der Waals surface area contributed by atoms with E-state index in [1.54, 1.807) is 18.2 Å². The Labute approximate surface area is 166 Å². The highest BCUT2D eigenvalue weighted by Gasteiger charge is 2.16. The van der Waals surface area contributed by atoms with Crippen LogP contribution in [0.5, 0.6) is 0 Å². The van der Waals surface area contributed by atoms with Gasteiger partial charge in [0.1, 0.15) is 12.2 Å². The molecule has 2 aromatic heterocycles. The Morgan fingerprint density at radius 1 is 1.03 bits per heavy atom. The van der Waals surface area contributed by atoms with Gasteiger partial charge in [0.15, 0.2) is 0 Å². The molecule has 0 unspecified atom stereocenters. The van der Waals surface area contributed by atoms with Gasteiger partial charge in [-0.3, -0.25) is 14.2 Å². The molecule has 0 aliphatic rings. The Morgan fingerprint density at radius 3 is 2.62 bits per heavy atom. The normalized spacial score (nSPS) is 10.7. The zero-order valence-corrected chi connectivity index (χ0v) is 15.7. The quantitative estimate of drug-likeness (QED) is 0.567. The van der Waals surface area contributed by atoms with Crippen molar-refractivity contribution in [3.8, 4) is 23.0 Å². The molecular formula is C22H18N4O3. The number of pyridine rings is 1. The molecule has 0 saturated heterocycles. The largest absolute Gasteiger partial charge is 0.332 e. The fourth-order valence-electron chi connectivity index (χ4n) is 2.97. The van der Waals surface area contributed by atoms with Crippen molar-refractivity contribution in [1.82, 2.24) is 14.7 Å². The Bertz CT molecular complexity index is 1210. The number of carbonyl (C=O) groups is 1. The molecule has 0 radical (unpaired) electrons. The van der Waals surface area contributed by atoms with Crippen molar-refractivity contribution in [2.75, 3.05) is 5.32 Å². The van der Waals surface area contributed by atoms with Crippen molar-refractivity contribution >= 4 is 11.6 Å². The summed E-state index contributed by atoms with van der Waals surface area (Å²) in [6.07, 6.45) is 0. The molecule has 144 valence electrons. The van der Waals surface area contributed by atoms with Gasteiger partial charge in [-0.2, -0.15) is 4.98 Å². The molecule has 0 spiro atoms. The lowest BCUT2D eigenvalue weighted by Gasteiger charge is -2.10. The Morgan fingerprint density at radius 2 is 1.83 bits per heavy atom. The average molecular weight is 386 g/mol. The van der Waals surface area contributed by atoms with Crippen LogP contribution in [0.3, 0.4) is 0 Å². The molecule has 7 nitrogen and oxygen atoms in total. The third-order valence-electron chi connectivity index (χ3n) is 4.33. The van der Waals surface area contributed by atoms with Gasteiger partial charge in [-0.1, -0.05) is 53.7 Å². The van der Waals surface area contributed by atoms with Crippen LogP contribution in [0.15, 0.2) is 82.1 Å². The monoisotopic (exact) mass is 386 g/mol. The van der Waals surface area contributed by atoms with E-state index in [1.807, 2.05) is 55.5 Å². The van der Waals surface area contributed by atoms with Gasteiger partial charge in [-0.15, -0.1) is 0 Å². The van der Waals surface area contributed by atoms with Crippen LogP contribution in [0.1, 0.15) is 5.56 Å². The van der Waals surface area contributed by atoms with Crippen molar-refractivity contribution < 1.29 is 9.32 Å². The number of hydrogen-bond donors (Lipinski definition) is 1. The summed E-state index contributed by atoms with van der Waals surface area (Å²) < 4.78 is 6.68. The van der Waals surface area contributed by atoms with E-state index >= 15 is 0 Å². The van der Waals surface area contributed by atoms with E-state index < -0.39 is 0 Å². The number of amides is 1. The molecule has 1 N–H and O–H groups in total.